The van der Waals surface area contributed by atoms with Gasteiger partial charge in [-0.25, -0.2) is 0 Å². The van der Waals surface area contributed by atoms with Crippen molar-refractivity contribution in [2.45, 2.75) is 32.1 Å². The summed E-state index contributed by atoms with van der Waals surface area (Å²) in [5, 5.41) is 0. The van der Waals surface area contributed by atoms with E-state index in [-0.39, 0.29) is 35.9 Å². The number of rotatable bonds is 4. The predicted molar refractivity (Wildman–Crippen MR) is 98.0 cm³/mol. The van der Waals surface area contributed by atoms with Crippen molar-refractivity contribution in [2.24, 2.45) is 5.92 Å². The first kappa shape index (κ1) is 18.4. The summed E-state index contributed by atoms with van der Waals surface area (Å²) in [4.78, 5) is 40.4. The van der Waals surface area contributed by atoms with E-state index in [4.69, 9.17) is 4.74 Å². The number of nitrogens with zero attached hydrogens (tertiary/aromatic N) is 2. The molecule has 1 heterocycles. The minimum absolute atomic E-state index is 0.104. The van der Waals surface area contributed by atoms with Crippen molar-refractivity contribution in [3.8, 4) is 0 Å². The third kappa shape index (κ3) is 3.59. The van der Waals surface area contributed by atoms with Gasteiger partial charge in [-0.15, -0.1) is 0 Å². The number of ketones is 1. The standard InChI is InChI=1S/C20H26N2O4/c1-3-19(24)22-10-8-21(9-11-22)17-7-5-4-6-15(17)16-12-14(13-18(16)23)20(25)26-2/h4-7,14,16H,3,8-13H2,1-2H3. The zero-order valence-corrected chi connectivity index (χ0v) is 15.4. The van der Waals surface area contributed by atoms with Gasteiger partial charge in [-0.3, -0.25) is 14.4 Å². The maximum absolute atomic E-state index is 12.5. The molecule has 1 amide bonds. The number of para-hydroxylation sites is 1. The zero-order chi connectivity index (χ0) is 18.7. The number of benzene rings is 1. The summed E-state index contributed by atoms with van der Waals surface area (Å²) in [6.07, 6.45) is 1.29. The van der Waals surface area contributed by atoms with Crippen LogP contribution >= 0.6 is 0 Å². The molecule has 140 valence electrons. The second-order valence-electron chi connectivity index (χ2n) is 6.96. The van der Waals surface area contributed by atoms with E-state index >= 15 is 0 Å². The van der Waals surface area contributed by atoms with Gasteiger partial charge in [0.1, 0.15) is 5.78 Å². The van der Waals surface area contributed by atoms with Gasteiger partial charge in [-0.05, 0) is 18.1 Å². The minimum atomic E-state index is -0.343. The molecular weight excluding hydrogens is 332 g/mol. The van der Waals surface area contributed by atoms with Crippen LogP contribution in [0.5, 0.6) is 0 Å². The van der Waals surface area contributed by atoms with Crippen molar-refractivity contribution in [3.63, 3.8) is 0 Å². The molecule has 6 heteroatoms. The van der Waals surface area contributed by atoms with Crippen molar-refractivity contribution in [1.29, 1.82) is 0 Å². The van der Waals surface area contributed by atoms with Gasteiger partial charge in [0.2, 0.25) is 5.91 Å². The van der Waals surface area contributed by atoms with Gasteiger partial charge in [0.05, 0.1) is 13.0 Å². The molecule has 2 fully saturated rings. The molecule has 1 aliphatic carbocycles. The average molecular weight is 358 g/mol. The molecule has 6 nitrogen and oxygen atoms in total. The van der Waals surface area contributed by atoms with Crippen LogP contribution in [0.15, 0.2) is 24.3 Å². The molecular formula is C20H26N2O4. The minimum Gasteiger partial charge on any atom is -0.469 e. The fraction of sp³-hybridized carbons (Fsp3) is 0.550. The third-order valence-corrected chi connectivity index (χ3v) is 5.48. The van der Waals surface area contributed by atoms with Gasteiger partial charge in [-0.1, -0.05) is 25.1 Å². The van der Waals surface area contributed by atoms with Crippen molar-refractivity contribution < 1.29 is 19.1 Å². The van der Waals surface area contributed by atoms with E-state index in [1.807, 2.05) is 36.1 Å². The highest BCUT2D eigenvalue weighted by Gasteiger charge is 2.39. The topological polar surface area (TPSA) is 66.9 Å². The van der Waals surface area contributed by atoms with E-state index in [2.05, 4.69) is 4.90 Å². The average Bonchev–Trinajstić information content (AvgIpc) is 3.08. The van der Waals surface area contributed by atoms with Crippen molar-refractivity contribution in [1.82, 2.24) is 4.90 Å². The highest BCUT2D eigenvalue weighted by atomic mass is 16.5. The SMILES string of the molecule is CCC(=O)N1CCN(c2ccccc2C2CC(C(=O)OC)CC2=O)CC1. The molecule has 0 spiro atoms. The highest BCUT2D eigenvalue weighted by Crippen LogP contribution is 2.40. The van der Waals surface area contributed by atoms with Crippen molar-refractivity contribution in [3.05, 3.63) is 29.8 Å². The Morgan fingerprint density at radius 2 is 1.85 bits per heavy atom. The van der Waals surface area contributed by atoms with E-state index in [1.165, 1.54) is 7.11 Å². The molecule has 0 radical (unpaired) electrons. The Bertz CT molecular complexity index is 695. The van der Waals surface area contributed by atoms with Crippen LogP contribution in [0.25, 0.3) is 0 Å². The number of hydrogen-bond acceptors (Lipinski definition) is 5. The number of amides is 1. The number of methoxy groups -OCH3 is 1. The molecule has 1 aromatic carbocycles. The summed E-state index contributed by atoms with van der Waals surface area (Å²) < 4.78 is 4.82. The van der Waals surface area contributed by atoms with Crippen molar-refractivity contribution >= 4 is 23.3 Å². The highest BCUT2D eigenvalue weighted by molar-refractivity contribution is 5.94. The van der Waals surface area contributed by atoms with Gasteiger partial charge in [-0.2, -0.15) is 0 Å². The summed E-state index contributed by atoms with van der Waals surface area (Å²) in [5.41, 5.74) is 2.03. The third-order valence-electron chi connectivity index (χ3n) is 5.48. The second kappa shape index (κ2) is 7.89. The quantitative estimate of drug-likeness (QED) is 0.770. The molecule has 26 heavy (non-hydrogen) atoms. The first-order chi connectivity index (χ1) is 12.5. The Kier molecular flexibility index (Phi) is 5.59. The van der Waals surface area contributed by atoms with Crippen LogP contribution in [0.3, 0.4) is 0 Å². The molecule has 0 N–H and O–H groups in total. The van der Waals surface area contributed by atoms with E-state index in [0.29, 0.717) is 25.9 Å². The monoisotopic (exact) mass is 358 g/mol. The number of Topliss-reactive ketones (excluding diaryl/α,β-unsaturated/α-hetero) is 1. The molecule has 3 rings (SSSR count). The lowest BCUT2D eigenvalue weighted by molar-refractivity contribution is -0.145. The summed E-state index contributed by atoms with van der Waals surface area (Å²) in [6, 6.07) is 7.93. The molecule has 1 saturated carbocycles. The van der Waals surface area contributed by atoms with Gasteiger partial charge in [0.15, 0.2) is 0 Å². The number of carbonyl (C=O) groups is 3. The van der Waals surface area contributed by atoms with E-state index in [9.17, 15) is 14.4 Å². The van der Waals surface area contributed by atoms with Crippen molar-refractivity contribution in [2.75, 3.05) is 38.2 Å². The number of hydrogen-bond donors (Lipinski definition) is 0. The summed E-state index contributed by atoms with van der Waals surface area (Å²) in [5.74, 6) is -0.613. The van der Waals surface area contributed by atoms with Crippen LogP contribution in [-0.2, 0) is 19.1 Å². The Balaban J connectivity index is 1.76. The van der Waals surface area contributed by atoms with Crippen LogP contribution in [0.4, 0.5) is 5.69 Å². The smallest absolute Gasteiger partial charge is 0.309 e. The molecule has 2 unspecified atom stereocenters. The molecule has 1 aliphatic heterocycles. The van der Waals surface area contributed by atoms with Gasteiger partial charge in [0, 0.05) is 50.6 Å². The van der Waals surface area contributed by atoms with E-state index < -0.39 is 0 Å². The normalized spacial score (nSPS) is 23.2. The number of ether oxygens (including phenoxy) is 1. The number of piperazine rings is 1. The summed E-state index contributed by atoms with van der Waals surface area (Å²) >= 11 is 0. The first-order valence-corrected chi connectivity index (χ1v) is 9.27. The molecule has 1 aromatic rings. The first-order valence-electron chi connectivity index (χ1n) is 9.27. The maximum Gasteiger partial charge on any atom is 0.309 e. The second-order valence-corrected chi connectivity index (χ2v) is 6.96. The molecule has 0 aromatic heterocycles. The van der Waals surface area contributed by atoms with Crippen LogP contribution in [0, 0.1) is 5.92 Å². The lowest BCUT2D eigenvalue weighted by atomic mass is 9.93. The Morgan fingerprint density at radius 1 is 1.15 bits per heavy atom. The van der Waals surface area contributed by atoms with E-state index in [0.717, 1.165) is 24.3 Å². The largest absolute Gasteiger partial charge is 0.469 e. The Morgan fingerprint density at radius 3 is 2.50 bits per heavy atom. The molecule has 0 bridgehead atoms. The van der Waals surface area contributed by atoms with Gasteiger partial charge < -0.3 is 14.5 Å². The van der Waals surface area contributed by atoms with Crippen LogP contribution in [0.1, 0.15) is 37.7 Å². The molecule has 2 atom stereocenters. The Hall–Kier alpha value is -2.37. The van der Waals surface area contributed by atoms with Gasteiger partial charge in [0.25, 0.3) is 0 Å². The zero-order valence-electron chi connectivity index (χ0n) is 15.4. The Labute approximate surface area is 154 Å². The maximum atomic E-state index is 12.5. The molecule has 2 aliphatic rings. The fourth-order valence-electron chi connectivity index (χ4n) is 4.02. The van der Waals surface area contributed by atoms with Gasteiger partial charge >= 0.3 is 5.97 Å². The number of carbonyl (C=O) groups excluding carboxylic acids is 3. The molecule has 1 saturated heterocycles. The van der Waals surface area contributed by atoms with Crippen LogP contribution in [0.2, 0.25) is 0 Å². The van der Waals surface area contributed by atoms with Crippen LogP contribution < -0.4 is 4.90 Å². The summed E-state index contributed by atoms with van der Waals surface area (Å²) in [6.45, 7) is 4.79. The number of esters is 1. The lowest BCUT2D eigenvalue weighted by Gasteiger charge is -2.37. The van der Waals surface area contributed by atoms with E-state index in [1.54, 1.807) is 0 Å². The predicted octanol–water partition coefficient (Wildman–Crippen LogP) is 1.98. The number of anilines is 1. The summed E-state index contributed by atoms with van der Waals surface area (Å²) in [7, 11) is 1.37. The lowest BCUT2D eigenvalue weighted by Crippen LogP contribution is -2.49. The van der Waals surface area contributed by atoms with Crippen LogP contribution in [-0.4, -0.2) is 55.8 Å². The fourth-order valence-corrected chi connectivity index (χ4v) is 4.02.